The van der Waals surface area contributed by atoms with Crippen LogP contribution in [-0.2, 0) is 6.42 Å². The molecule has 0 saturated carbocycles. The second-order valence-corrected chi connectivity index (χ2v) is 7.06. The van der Waals surface area contributed by atoms with Gasteiger partial charge < -0.3 is 0 Å². The van der Waals surface area contributed by atoms with E-state index in [1.165, 1.54) is 33.9 Å². The van der Waals surface area contributed by atoms with Gasteiger partial charge in [0.1, 0.15) is 5.82 Å². The van der Waals surface area contributed by atoms with E-state index in [2.05, 4.69) is 49.7 Å². The van der Waals surface area contributed by atoms with E-state index >= 15 is 0 Å². The highest BCUT2D eigenvalue weighted by molar-refractivity contribution is 9.09. The molecule has 0 fully saturated rings. The van der Waals surface area contributed by atoms with Gasteiger partial charge >= 0.3 is 0 Å². The molecule has 0 spiro atoms. The molecule has 0 saturated heterocycles. The first-order valence-electron chi connectivity index (χ1n) is 6.97. The lowest BCUT2D eigenvalue weighted by atomic mass is 9.90. The molecule has 0 aliphatic rings. The van der Waals surface area contributed by atoms with Crippen molar-refractivity contribution in [3.63, 3.8) is 0 Å². The SMILES string of the molecule is Cc1cc(C)c(C)c(C(Br)Cc2c(F)cccc2Cl)c1C. The zero-order valence-electron chi connectivity index (χ0n) is 12.7. The molecule has 0 amide bonds. The van der Waals surface area contributed by atoms with Gasteiger partial charge in [-0.3, -0.25) is 0 Å². The van der Waals surface area contributed by atoms with Crippen molar-refractivity contribution in [1.29, 1.82) is 0 Å². The largest absolute Gasteiger partial charge is 0.207 e. The Kier molecular flexibility index (Phi) is 5.11. The fraction of sp³-hybridized carbons (Fsp3) is 0.333. The minimum absolute atomic E-state index is 0.0468. The van der Waals surface area contributed by atoms with Gasteiger partial charge in [0.25, 0.3) is 0 Å². The van der Waals surface area contributed by atoms with Crippen LogP contribution in [0.5, 0.6) is 0 Å². The molecule has 0 bridgehead atoms. The van der Waals surface area contributed by atoms with Crippen LogP contribution in [0.3, 0.4) is 0 Å². The lowest BCUT2D eigenvalue weighted by Gasteiger charge is -2.20. The van der Waals surface area contributed by atoms with Gasteiger partial charge in [-0.05, 0) is 74.1 Å². The van der Waals surface area contributed by atoms with Crippen LogP contribution in [0.1, 0.15) is 38.2 Å². The molecular formula is C18H19BrClF. The minimum Gasteiger partial charge on any atom is -0.207 e. The third kappa shape index (κ3) is 3.32. The fourth-order valence-corrected chi connectivity index (χ4v) is 3.98. The van der Waals surface area contributed by atoms with Crippen LogP contribution >= 0.6 is 27.5 Å². The molecule has 1 atom stereocenters. The summed E-state index contributed by atoms with van der Waals surface area (Å²) in [6.07, 6.45) is 0.538. The van der Waals surface area contributed by atoms with E-state index in [9.17, 15) is 4.39 Å². The van der Waals surface area contributed by atoms with Crippen LogP contribution in [-0.4, -0.2) is 0 Å². The lowest BCUT2D eigenvalue weighted by Crippen LogP contribution is -2.05. The molecule has 2 rings (SSSR count). The van der Waals surface area contributed by atoms with Gasteiger partial charge in [0.05, 0.1) is 0 Å². The van der Waals surface area contributed by atoms with Gasteiger partial charge in [0, 0.05) is 15.4 Å². The van der Waals surface area contributed by atoms with Crippen molar-refractivity contribution >= 4 is 27.5 Å². The minimum atomic E-state index is -0.244. The monoisotopic (exact) mass is 368 g/mol. The maximum Gasteiger partial charge on any atom is 0.127 e. The average molecular weight is 370 g/mol. The van der Waals surface area contributed by atoms with Gasteiger partial charge in [0.2, 0.25) is 0 Å². The second-order valence-electron chi connectivity index (χ2n) is 5.55. The Morgan fingerprint density at radius 2 is 1.67 bits per heavy atom. The molecule has 1 unspecified atom stereocenters. The van der Waals surface area contributed by atoms with E-state index in [1.807, 2.05) is 0 Å². The van der Waals surface area contributed by atoms with Crippen LogP contribution in [0.4, 0.5) is 4.39 Å². The Labute approximate surface area is 139 Å². The first kappa shape index (κ1) is 16.5. The molecule has 21 heavy (non-hydrogen) atoms. The summed E-state index contributed by atoms with van der Waals surface area (Å²) in [6.45, 7) is 8.46. The molecule has 0 heterocycles. The molecule has 0 aromatic heterocycles. The quantitative estimate of drug-likeness (QED) is 0.550. The van der Waals surface area contributed by atoms with Crippen molar-refractivity contribution < 1.29 is 4.39 Å². The highest BCUT2D eigenvalue weighted by Crippen LogP contribution is 2.36. The third-order valence-electron chi connectivity index (χ3n) is 4.18. The van der Waals surface area contributed by atoms with Gasteiger partial charge in [-0.25, -0.2) is 4.39 Å². The summed E-state index contributed by atoms with van der Waals surface area (Å²) in [6, 6.07) is 7.03. The first-order chi connectivity index (χ1) is 9.82. The summed E-state index contributed by atoms with van der Waals surface area (Å²) in [5.41, 5.74) is 6.85. The summed E-state index contributed by atoms with van der Waals surface area (Å²) in [7, 11) is 0. The smallest absolute Gasteiger partial charge is 0.127 e. The van der Waals surface area contributed by atoms with Crippen molar-refractivity contribution in [3.8, 4) is 0 Å². The molecule has 0 aliphatic heterocycles. The molecule has 2 aromatic rings. The maximum atomic E-state index is 14.0. The highest BCUT2D eigenvalue weighted by Gasteiger charge is 2.19. The standard InChI is InChI=1S/C18H19BrClF/c1-10-8-11(2)13(4)18(12(10)3)15(19)9-14-16(20)6-5-7-17(14)21/h5-8,15H,9H2,1-4H3. The summed E-state index contributed by atoms with van der Waals surface area (Å²) in [5, 5.41) is 0.485. The Hall–Kier alpha value is -0.860. The molecule has 0 radical (unpaired) electrons. The van der Waals surface area contributed by atoms with E-state index in [0.29, 0.717) is 17.0 Å². The molecule has 0 N–H and O–H groups in total. The Bertz CT molecular complexity index is 633. The van der Waals surface area contributed by atoms with E-state index in [1.54, 1.807) is 12.1 Å². The number of hydrogen-bond donors (Lipinski definition) is 0. The van der Waals surface area contributed by atoms with Gasteiger partial charge in [-0.15, -0.1) is 0 Å². The summed E-state index contributed by atoms with van der Waals surface area (Å²) in [4.78, 5) is 0.0468. The molecule has 3 heteroatoms. The van der Waals surface area contributed by atoms with Gasteiger partial charge in [-0.2, -0.15) is 0 Å². The average Bonchev–Trinajstić information content (AvgIpc) is 2.41. The first-order valence-corrected chi connectivity index (χ1v) is 8.26. The molecule has 0 nitrogen and oxygen atoms in total. The van der Waals surface area contributed by atoms with E-state index < -0.39 is 0 Å². The Morgan fingerprint density at radius 3 is 2.19 bits per heavy atom. The number of aryl methyl sites for hydroxylation is 2. The molecule has 2 aromatic carbocycles. The van der Waals surface area contributed by atoms with Crippen molar-refractivity contribution in [3.05, 3.63) is 68.5 Å². The Balaban J connectivity index is 2.44. The van der Waals surface area contributed by atoms with Crippen molar-refractivity contribution in [2.75, 3.05) is 0 Å². The van der Waals surface area contributed by atoms with Crippen molar-refractivity contribution in [1.82, 2.24) is 0 Å². The van der Waals surface area contributed by atoms with Crippen molar-refractivity contribution in [2.24, 2.45) is 0 Å². The fourth-order valence-electron chi connectivity index (χ4n) is 2.73. The van der Waals surface area contributed by atoms with E-state index in [-0.39, 0.29) is 10.6 Å². The van der Waals surface area contributed by atoms with Gasteiger partial charge in [0.15, 0.2) is 0 Å². The molecule has 0 aliphatic carbocycles. The van der Waals surface area contributed by atoms with Crippen LogP contribution in [0.2, 0.25) is 5.02 Å². The predicted octanol–water partition coefficient (Wildman–Crippen LogP) is 6.39. The van der Waals surface area contributed by atoms with E-state index in [0.717, 1.165) is 0 Å². The number of hydrogen-bond acceptors (Lipinski definition) is 0. The normalized spacial score (nSPS) is 12.5. The number of halogens is 3. The van der Waals surface area contributed by atoms with Gasteiger partial charge in [-0.1, -0.05) is 39.7 Å². The predicted molar refractivity (Wildman–Crippen MR) is 92.2 cm³/mol. The molecular weight excluding hydrogens is 351 g/mol. The van der Waals surface area contributed by atoms with Crippen LogP contribution < -0.4 is 0 Å². The van der Waals surface area contributed by atoms with Crippen LogP contribution in [0.15, 0.2) is 24.3 Å². The van der Waals surface area contributed by atoms with Crippen LogP contribution in [0, 0.1) is 33.5 Å². The lowest BCUT2D eigenvalue weighted by molar-refractivity contribution is 0.608. The van der Waals surface area contributed by atoms with Crippen LogP contribution in [0.25, 0.3) is 0 Å². The second kappa shape index (κ2) is 6.50. The topological polar surface area (TPSA) is 0 Å². The maximum absolute atomic E-state index is 14.0. The number of benzene rings is 2. The number of alkyl halides is 1. The number of rotatable bonds is 3. The zero-order valence-corrected chi connectivity index (χ0v) is 15.1. The highest BCUT2D eigenvalue weighted by atomic mass is 79.9. The Morgan fingerprint density at radius 1 is 1.10 bits per heavy atom. The zero-order chi connectivity index (χ0) is 15.7. The molecule has 112 valence electrons. The summed E-state index contributed by atoms with van der Waals surface area (Å²) < 4.78 is 14.0. The van der Waals surface area contributed by atoms with E-state index in [4.69, 9.17) is 11.6 Å². The third-order valence-corrected chi connectivity index (χ3v) is 5.32. The summed E-state index contributed by atoms with van der Waals surface area (Å²) >= 11 is 9.88. The van der Waals surface area contributed by atoms with Crippen molar-refractivity contribution in [2.45, 2.75) is 38.9 Å². The summed E-state index contributed by atoms with van der Waals surface area (Å²) in [5.74, 6) is -0.244.